The molecule has 0 fully saturated rings. The van der Waals surface area contributed by atoms with Crippen LogP contribution in [-0.2, 0) is 11.2 Å². The van der Waals surface area contributed by atoms with Crippen LogP contribution in [0.3, 0.4) is 0 Å². The number of phenolic OH excluding ortho intramolecular Hbond substituents is 1. The summed E-state index contributed by atoms with van der Waals surface area (Å²) in [6.07, 6.45) is 0.443. The van der Waals surface area contributed by atoms with Crippen LogP contribution >= 0.6 is 23.2 Å². The molecule has 0 bridgehead atoms. The molecule has 0 aliphatic carbocycles. The van der Waals surface area contributed by atoms with Crippen LogP contribution in [0.4, 0.5) is 8.78 Å². The molecule has 1 aromatic heterocycles. The summed E-state index contributed by atoms with van der Waals surface area (Å²) in [5, 5.41) is 12.8. The van der Waals surface area contributed by atoms with Crippen molar-refractivity contribution in [1.82, 2.24) is 9.88 Å². The Labute approximate surface area is 187 Å². The van der Waals surface area contributed by atoms with E-state index in [2.05, 4.69) is 5.32 Å². The zero-order valence-corrected chi connectivity index (χ0v) is 18.5. The van der Waals surface area contributed by atoms with Gasteiger partial charge in [-0.15, -0.1) is 0 Å². The molecular formula is C22H20Cl2F2N2O3. The maximum atomic E-state index is 14.9. The third-order valence-corrected chi connectivity index (χ3v) is 5.95. The third kappa shape index (κ3) is 4.25. The summed E-state index contributed by atoms with van der Waals surface area (Å²) in [5.41, 5.74) is 0.456. The second kappa shape index (κ2) is 8.85. The zero-order valence-electron chi connectivity index (χ0n) is 17.0. The summed E-state index contributed by atoms with van der Waals surface area (Å²) in [4.78, 5) is 25.7. The monoisotopic (exact) mass is 468 g/mol. The summed E-state index contributed by atoms with van der Waals surface area (Å²) in [6, 6.07) is 4.98. The number of aromatic hydroxyl groups is 1. The SMILES string of the molecule is CCC(C)NC(=O)Cc1c(C)n(C(=O)c2ccc(Cl)c(Cl)c2)c2cc(F)c(O)c(F)c12. The molecule has 3 aromatic rings. The van der Waals surface area contributed by atoms with E-state index in [1.165, 1.54) is 25.1 Å². The van der Waals surface area contributed by atoms with Gasteiger partial charge in [0.2, 0.25) is 5.91 Å². The smallest absolute Gasteiger partial charge is 0.262 e. The molecule has 0 saturated carbocycles. The van der Waals surface area contributed by atoms with E-state index in [1.807, 2.05) is 13.8 Å². The van der Waals surface area contributed by atoms with Crippen molar-refractivity contribution in [2.75, 3.05) is 0 Å². The highest BCUT2D eigenvalue weighted by Gasteiger charge is 2.27. The number of amides is 1. The van der Waals surface area contributed by atoms with Crippen molar-refractivity contribution in [2.45, 2.75) is 39.7 Å². The van der Waals surface area contributed by atoms with E-state index >= 15 is 0 Å². The van der Waals surface area contributed by atoms with Gasteiger partial charge in [-0.1, -0.05) is 30.1 Å². The molecule has 9 heteroatoms. The van der Waals surface area contributed by atoms with E-state index in [0.29, 0.717) is 6.42 Å². The van der Waals surface area contributed by atoms with Gasteiger partial charge in [-0.2, -0.15) is 0 Å². The Balaban J connectivity index is 2.22. The van der Waals surface area contributed by atoms with Crippen molar-refractivity contribution in [1.29, 1.82) is 0 Å². The first kappa shape index (κ1) is 23.0. The third-order valence-electron chi connectivity index (χ3n) is 5.21. The minimum Gasteiger partial charge on any atom is -0.503 e. The highest BCUT2D eigenvalue weighted by atomic mass is 35.5. The Bertz CT molecular complexity index is 1210. The number of hydrogen-bond donors (Lipinski definition) is 2. The van der Waals surface area contributed by atoms with Crippen LogP contribution in [-0.4, -0.2) is 27.5 Å². The van der Waals surface area contributed by atoms with Crippen LogP contribution in [0.15, 0.2) is 24.3 Å². The quantitative estimate of drug-likeness (QED) is 0.527. The highest BCUT2D eigenvalue weighted by molar-refractivity contribution is 6.42. The van der Waals surface area contributed by atoms with E-state index < -0.39 is 23.3 Å². The number of halogens is 4. The van der Waals surface area contributed by atoms with Crippen LogP contribution in [0.5, 0.6) is 5.75 Å². The van der Waals surface area contributed by atoms with E-state index in [1.54, 1.807) is 0 Å². The topological polar surface area (TPSA) is 71.3 Å². The number of phenols is 1. The molecule has 0 saturated heterocycles. The summed E-state index contributed by atoms with van der Waals surface area (Å²) >= 11 is 11.9. The largest absolute Gasteiger partial charge is 0.503 e. The number of nitrogens with one attached hydrogen (secondary N) is 1. The van der Waals surface area contributed by atoms with Crippen molar-refractivity contribution in [3.8, 4) is 5.75 Å². The maximum Gasteiger partial charge on any atom is 0.262 e. The van der Waals surface area contributed by atoms with E-state index in [4.69, 9.17) is 23.2 Å². The Morgan fingerprint density at radius 1 is 1.19 bits per heavy atom. The fraction of sp³-hybridized carbons (Fsp3) is 0.273. The van der Waals surface area contributed by atoms with Gasteiger partial charge < -0.3 is 10.4 Å². The average molecular weight is 469 g/mol. The summed E-state index contributed by atoms with van der Waals surface area (Å²) in [5.74, 6) is -4.62. The predicted molar refractivity (Wildman–Crippen MR) is 116 cm³/mol. The number of carbonyl (C=O) groups is 2. The lowest BCUT2D eigenvalue weighted by molar-refractivity contribution is -0.121. The number of fused-ring (bicyclic) bond motifs is 1. The molecule has 31 heavy (non-hydrogen) atoms. The molecular weight excluding hydrogens is 449 g/mol. The first-order valence-corrected chi connectivity index (χ1v) is 10.3. The normalized spacial score (nSPS) is 12.2. The molecule has 1 heterocycles. The first-order chi connectivity index (χ1) is 14.6. The zero-order chi connectivity index (χ0) is 23.0. The van der Waals surface area contributed by atoms with Gasteiger partial charge in [0.15, 0.2) is 17.4 Å². The standard InChI is InChI=1S/C22H20Cl2F2N2O3/c1-4-10(2)27-18(29)8-13-11(3)28(17-9-16(25)21(30)20(26)19(13)17)22(31)12-5-6-14(23)15(24)7-12/h5-7,9-10,30H,4,8H2,1-3H3,(H,27,29). The van der Waals surface area contributed by atoms with Gasteiger partial charge in [-0.3, -0.25) is 14.2 Å². The molecule has 5 nitrogen and oxygen atoms in total. The van der Waals surface area contributed by atoms with Crippen molar-refractivity contribution in [3.05, 3.63) is 62.8 Å². The van der Waals surface area contributed by atoms with E-state index in [-0.39, 0.29) is 56.1 Å². The van der Waals surface area contributed by atoms with Gasteiger partial charge >= 0.3 is 0 Å². The van der Waals surface area contributed by atoms with Crippen molar-refractivity contribution in [2.24, 2.45) is 0 Å². The lowest BCUT2D eigenvalue weighted by Crippen LogP contribution is -2.33. The van der Waals surface area contributed by atoms with Crippen LogP contribution in [0.2, 0.25) is 10.0 Å². The van der Waals surface area contributed by atoms with Gasteiger partial charge in [0.05, 0.1) is 22.0 Å². The predicted octanol–water partition coefficient (Wildman–Crippen LogP) is 5.39. The van der Waals surface area contributed by atoms with Crippen LogP contribution in [0.25, 0.3) is 10.9 Å². The van der Waals surface area contributed by atoms with Crippen LogP contribution in [0, 0.1) is 18.6 Å². The number of benzene rings is 2. The van der Waals surface area contributed by atoms with Crippen molar-refractivity contribution < 1.29 is 23.5 Å². The highest BCUT2D eigenvalue weighted by Crippen LogP contribution is 2.36. The van der Waals surface area contributed by atoms with E-state index in [9.17, 15) is 23.5 Å². The van der Waals surface area contributed by atoms with Gasteiger partial charge in [0.25, 0.3) is 5.91 Å². The van der Waals surface area contributed by atoms with Gasteiger partial charge in [0.1, 0.15) is 0 Å². The molecule has 0 aliphatic heterocycles. The number of carbonyl (C=O) groups excluding carboxylic acids is 2. The lowest BCUT2D eigenvalue weighted by Gasteiger charge is -2.12. The van der Waals surface area contributed by atoms with Crippen LogP contribution in [0.1, 0.15) is 41.9 Å². The minimum absolute atomic E-state index is 0.102. The Hall–Kier alpha value is -2.64. The molecule has 164 valence electrons. The number of hydrogen-bond acceptors (Lipinski definition) is 3. The van der Waals surface area contributed by atoms with Gasteiger partial charge in [0, 0.05) is 28.8 Å². The van der Waals surface area contributed by atoms with Crippen LogP contribution < -0.4 is 5.32 Å². The summed E-state index contributed by atoms with van der Waals surface area (Å²) in [6.45, 7) is 5.25. The Morgan fingerprint density at radius 3 is 2.48 bits per heavy atom. The number of rotatable bonds is 5. The minimum atomic E-state index is -1.23. The second-order valence-corrected chi connectivity index (χ2v) is 8.12. The summed E-state index contributed by atoms with van der Waals surface area (Å²) < 4.78 is 30.2. The molecule has 0 spiro atoms. The van der Waals surface area contributed by atoms with Crippen molar-refractivity contribution in [3.63, 3.8) is 0 Å². The van der Waals surface area contributed by atoms with E-state index in [0.717, 1.165) is 10.6 Å². The first-order valence-electron chi connectivity index (χ1n) is 9.56. The summed E-state index contributed by atoms with van der Waals surface area (Å²) in [7, 11) is 0. The molecule has 1 amide bonds. The molecule has 0 aliphatic rings. The molecule has 0 radical (unpaired) electrons. The Kier molecular flexibility index (Phi) is 6.57. The molecule has 2 N–H and O–H groups in total. The molecule has 1 atom stereocenters. The number of aromatic nitrogens is 1. The lowest BCUT2D eigenvalue weighted by atomic mass is 10.1. The van der Waals surface area contributed by atoms with Crippen molar-refractivity contribution >= 4 is 45.9 Å². The average Bonchev–Trinajstić information content (AvgIpc) is 2.98. The molecule has 3 rings (SSSR count). The Morgan fingerprint density at radius 2 is 1.87 bits per heavy atom. The number of nitrogens with zero attached hydrogens (tertiary/aromatic N) is 1. The fourth-order valence-electron chi connectivity index (χ4n) is 3.38. The fourth-order valence-corrected chi connectivity index (χ4v) is 3.68. The van der Waals surface area contributed by atoms with Gasteiger partial charge in [-0.05, 0) is 44.0 Å². The van der Waals surface area contributed by atoms with Gasteiger partial charge in [-0.25, -0.2) is 8.78 Å². The molecule has 1 unspecified atom stereocenters. The molecule has 2 aromatic carbocycles. The maximum absolute atomic E-state index is 14.9. The second-order valence-electron chi connectivity index (χ2n) is 7.30.